The van der Waals surface area contributed by atoms with Crippen molar-refractivity contribution in [3.05, 3.63) is 34.0 Å². The second-order valence-corrected chi connectivity index (χ2v) is 4.46. The summed E-state index contributed by atoms with van der Waals surface area (Å²) in [4.78, 5) is 23.7. The van der Waals surface area contributed by atoms with Gasteiger partial charge in [-0.3, -0.25) is 4.79 Å². The third-order valence-corrected chi connectivity index (χ3v) is 2.89. The summed E-state index contributed by atoms with van der Waals surface area (Å²) < 4.78 is 0. The average Bonchev–Trinajstić information content (AvgIpc) is 2.80. The molecule has 3 N–H and O–H groups in total. The largest absolute Gasteiger partial charge is 0.368 e. The maximum Gasteiger partial charge on any atom is 0.270 e. The molecule has 0 unspecified atom stereocenters. The van der Waals surface area contributed by atoms with Crippen LogP contribution >= 0.6 is 11.3 Å². The van der Waals surface area contributed by atoms with Crippen molar-refractivity contribution in [1.29, 1.82) is 0 Å². The Morgan fingerprint density at radius 2 is 2.33 bits per heavy atom. The van der Waals surface area contributed by atoms with Gasteiger partial charge < -0.3 is 11.1 Å². The highest BCUT2D eigenvalue weighted by atomic mass is 32.1. The minimum absolute atomic E-state index is 0.111. The predicted octanol–water partition coefficient (Wildman–Crippen LogP) is 0.796. The number of thiazole rings is 1. The molecule has 0 fully saturated rings. The summed E-state index contributed by atoms with van der Waals surface area (Å²) in [7, 11) is 0. The first-order valence-electron chi connectivity index (χ1n) is 5.41. The number of amides is 1. The molecule has 0 radical (unpaired) electrons. The fourth-order valence-corrected chi connectivity index (χ4v) is 2.06. The zero-order valence-corrected chi connectivity index (χ0v) is 10.7. The predicted molar refractivity (Wildman–Crippen MR) is 69.3 cm³/mol. The standard InChI is InChI=1S/C11H13N5OS/c1-7-4-9(16-11(12)15-7)10(17)13-3-2-8-5-18-6-14-8/h4-6H,2-3H2,1H3,(H,13,17)(H2,12,15,16). The minimum atomic E-state index is -0.248. The van der Waals surface area contributed by atoms with E-state index < -0.39 is 0 Å². The van der Waals surface area contributed by atoms with Crippen molar-refractivity contribution in [1.82, 2.24) is 20.3 Å². The van der Waals surface area contributed by atoms with E-state index in [0.29, 0.717) is 24.4 Å². The number of nitrogens with one attached hydrogen (secondary N) is 1. The van der Waals surface area contributed by atoms with Gasteiger partial charge in [0.15, 0.2) is 0 Å². The Bertz CT molecular complexity index is 520. The Kier molecular flexibility index (Phi) is 3.83. The van der Waals surface area contributed by atoms with E-state index in [0.717, 1.165) is 5.69 Å². The molecule has 0 saturated carbocycles. The van der Waals surface area contributed by atoms with E-state index in [1.165, 1.54) is 11.3 Å². The zero-order chi connectivity index (χ0) is 13.0. The third kappa shape index (κ3) is 3.24. The van der Waals surface area contributed by atoms with E-state index in [2.05, 4.69) is 20.3 Å². The van der Waals surface area contributed by atoms with Gasteiger partial charge in [0, 0.05) is 24.0 Å². The molecule has 18 heavy (non-hydrogen) atoms. The number of aromatic nitrogens is 3. The Hall–Kier alpha value is -2.02. The van der Waals surface area contributed by atoms with Crippen molar-refractivity contribution >= 4 is 23.2 Å². The summed E-state index contributed by atoms with van der Waals surface area (Å²) in [6, 6.07) is 1.61. The SMILES string of the molecule is Cc1cc(C(=O)NCCc2cscn2)nc(N)n1. The van der Waals surface area contributed by atoms with E-state index in [1.54, 1.807) is 18.5 Å². The Morgan fingerprint density at radius 1 is 1.50 bits per heavy atom. The molecule has 1 amide bonds. The molecule has 2 heterocycles. The van der Waals surface area contributed by atoms with Gasteiger partial charge in [-0.05, 0) is 13.0 Å². The highest BCUT2D eigenvalue weighted by molar-refractivity contribution is 7.07. The maximum absolute atomic E-state index is 11.8. The molecule has 0 aliphatic rings. The lowest BCUT2D eigenvalue weighted by Gasteiger charge is -2.04. The molecule has 2 aromatic rings. The first kappa shape index (κ1) is 12.4. The number of hydrogen-bond acceptors (Lipinski definition) is 6. The van der Waals surface area contributed by atoms with Crippen molar-refractivity contribution in [3.8, 4) is 0 Å². The number of carbonyl (C=O) groups excluding carboxylic acids is 1. The molecule has 94 valence electrons. The van der Waals surface area contributed by atoms with E-state index >= 15 is 0 Å². The second-order valence-electron chi connectivity index (χ2n) is 3.74. The fourth-order valence-electron chi connectivity index (χ4n) is 1.46. The van der Waals surface area contributed by atoms with E-state index in [1.807, 2.05) is 5.38 Å². The highest BCUT2D eigenvalue weighted by Gasteiger charge is 2.08. The van der Waals surface area contributed by atoms with Gasteiger partial charge in [-0.1, -0.05) is 0 Å². The summed E-state index contributed by atoms with van der Waals surface area (Å²) in [6.07, 6.45) is 0.703. The van der Waals surface area contributed by atoms with Crippen LogP contribution in [-0.2, 0) is 6.42 Å². The van der Waals surface area contributed by atoms with Gasteiger partial charge in [-0.25, -0.2) is 15.0 Å². The number of nitrogen functional groups attached to an aromatic ring is 1. The molecule has 0 aliphatic heterocycles. The molecular formula is C11H13N5OS. The molecule has 0 aromatic carbocycles. The summed E-state index contributed by atoms with van der Waals surface area (Å²) in [6.45, 7) is 2.29. The van der Waals surface area contributed by atoms with Crippen LogP contribution in [0.4, 0.5) is 5.95 Å². The second kappa shape index (κ2) is 5.54. The molecule has 6 nitrogen and oxygen atoms in total. The number of rotatable bonds is 4. The Balaban J connectivity index is 1.91. The molecule has 2 aromatic heterocycles. The van der Waals surface area contributed by atoms with Crippen LogP contribution in [0, 0.1) is 6.92 Å². The number of hydrogen-bond donors (Lipinski definition) is 2. The number of anilines is 1. The van der Waals surface area contributed by atoms with Gasteiger partial charge in [0.1, 0.15) is 5.69 Å². The summed E-state index contributed by atoms with van der Waals surface area (Å²) in [5, 5.41) is 4.73. The molecule has 2 rings (SSSR count). The molecule has 0 spiro atoms. The van der Waals surface area contributed by atoms with Crippen LogP contribution in [0.2, 0.25) is 0 Å². The average molecular weight is 263 g/mol. The van der Waals surface area contributed by atoms with E-state index in [4.69, 9.17) is 5.73 Å². The fraction of sp³-hybridized carbons (Fsp3) is 0.273. The number of carbonyl (C=O) groups is 1. The molecule has 0 saturated heterocycles. The summed E-state index contributed by atoms with van der Waals surface area (Å²) >= 11 is 1.54. The van der Waals surface area contributed by atoms with E-state index in [-0.39, 0.29) is 11.9 Å². The molecule has 0 atom stereocenters. The maximum atomic E-state index is 11.8. The number of aryl methyl sites for hydroxylation is 1. The third-order valence-electron chi connectivity index (χ3n) is 2.25. The number of nitrogens with zero attached hydrogens (tertiary/aromatic N) is 3. The van der Waals surface area contributed by atoms with Crippen molar-refractivity contribution < 1.29 is 4.79 Å². The summed E-state index contributed by atoms with van der Waals surface area (Å²) in [5.41, 5.74) is 9.20. The first-order chi connectivity index (χ1) is 8.65. The van der Waals surface area contributed by atoms with Crippen LogP contribution < -0.4 is 11.1 Å². The lowest BCUT2D eigenvalue weighted by molar-refractivity contribution is 0.0949. The van der Waals surface area contributed by atoms with Crippen LogP contribution in [0.15, 0.2) is 17.0 Å². The van der Waals surface area contributed by atoms with Crippen LogP contribution in [0.25, 0.3) is 0 Å². The smallest absolute Gasteiger partial charge is 0.270 e. The van der Waals surface area contributed by atoms with Crippen LogP contribution in [-0.4, -0.2) is 27.4 Å². The Labute approximate surface area is 108 Å². The normalized spacial score (nSPS) is 10.3. The van der Waals surface area contributed by atoms with Gasteiger partial charge in [0.25, 0.3) is 5.91 Å². The highest BCUT2D eigenvalue weighted by Crippen LogP contribution is 2.03. The van der Waals surface area contributed by atoms with Gasteiger partial charge in [-0.2, -0.15) is 0 Å². The van der Waals surface area contributed by atoms with Crippen LogP contribution in [0.5, 0.6) is 0 Å². The van der Waals surface area contributed by atoms with Crippen molar-refractivity contribution in [2.75, 3.05) is 12.3 Å². The quantitative estimate of drug-likeness (QED) is 0.850. The van der Waals surface area contributed by atoms with Crippen molar-refractivity contribution in [2.45, 2.75) is 13.3 Å². The lowest BCUT2D eigenvalue weighted by atomic mass is 10.3. The van der Waals surface area contributed by atoms with Gasteiger partial charge in [0.05, 0.1) is 11.2 Å². The monoisotopic (exact) mass is 263 g/mol. The van der Waals surface area contributed by atoms with Crippen LogP contribution in [0.1, 0.15) is 21.9 Å². The van der Waals surface area contributed by atoms with E-state index in [9.17, 15) is 4.79 Å². The molecule has 7 heteroatoms. The molecule has 0 bridgehead atoms. The number of nitrogens with two attached hydrogens (primary N) is 1. The van der Waals surface area contributed by atoms with Crippen molar-refractivity contribution in [3.63, 3.8) is 0 Å². The lowest BCUT2D eigenvalue weighted by Crippen LogP contribution is -2.27. The minimum Gasteiger partial charge on any atom is -0.368 e. The van der Waals surface area contributed by atoms with Crippen molar-refractivity contribution in [2.24, 2.45) is 0 Å². The first-order valence-corrected chi connectivity index (χ1v) is 6.36. The topological polar surface area (TPSA) is 93.8 Å². The summed E-state index contributed by atoms with van der Waals surface area (Å²) in [5.74, 6) is -0.137. The Morgan fingerprint density at radius 3 is 3.00 bits per heavy atom. The van der Waals surface area contributed by atoms with Crippen LogP contribution in [0.3, 0.4) is 0 Å². The molecule has 0 aliphatic carbocycles. The molecular weight excluding hydrogens is 250 g/mol. The van der Waals surface area contributed by atoms with Gasteiger partial charge in [-0.15, -0.1) is 11.3 Å². The van der Waals surface area contributed by atoms with Gasteiger partial charge in [0.2, 0.25) is 5.95 Å². The van der Waals surface area contributed by atoms with Gasteiger partial charge >= 0.3 is 0 Å². The zero-order valence-electron chi connectivity index (χ0n) is 9.88.